The Morgan fingerprint density at radius 1 is 0.696 bits per heavy atom. The number of ether oxygens (including phenoxy) is 5. The molecule has 4 aromatic heterocycles. The molecule has 0 amide bonds. The topological polar surface area (TPSA) is 260 Å². The fourth-order valence-electron chi connectivity index (χ4n) is 8.10. The van der Waals surface area contributed by atoms with E-state index in [-0.39, 0.29) is 40.3 Å². The van der Waals surface area contributed by atoms with Crippen LogP contribution in [0.25, 0.3) is 11.0 Å². The standard InChI is InChI=1S/C33H34N4O5.C12H16N4O5.C2H6.BBr3/c1-32(41-21-26-15-9-4-10-16-26)30(40-20-25-13-7-3-8-14-25)28(22-39-19-24-11-5-2-6-12-24)42-33(32,38)29-18-17-27-31(34)35-23-36-37(27)29;1-11(19)9(18)7(4-17)21-12(11,20)8-3-2-6-10(13)14-5-15-16(6)8;1-2;2-1(3)4/h2-18,23,28,30,38H,19-22H2,1H3,(H2,34,35,36);2-3,5,7,9,17-20H,4H2,1H3,(H2,13,14,15);1-2H3;/t28-,30-,32-,33?;7-,9-,11-,12?;;/m11../s1/i;;1D;. The summed E-state index contributed by atoms with van der Waals surface area (Å²) in [6.45, 7) is 5.80. The van der Waals surface area contributed by atoms with Gasteiger partial charge in [0.15, 0.2) is 17.2 Å². The minimum absolute atomic E-state index is 0.0756. The number of aromatic nitrogens is 6. The van der Waals surface area contributed by atoms with Gasteiger partial charge in [0, 0.05) is 1.37 Å². The van der Waals surface area contributed by atoms with Crippen LogP contribution in [0.3, 0.4) is 0 Å². The molecule has 6 heterocycles. The fourth-order valence-corrected chi connectivity index (χ4v) is 8.10. The molecule has 2 fully saturated rings. The molecule has 3 aromatic carbocycles. The highest BCUT2D eigenvalue weighted by Crippen LogP contribution is 2.50. The Hall–Kier alpha value is -4.40. The first-order valence-corrected chi connectivity index (χ1v) is 24.4. The predicted molar refractivity (Wildman–Crippen MR) is 271 cm³/mol. The van der Waals surface area contributed by atoms with Crippen LogP contribution in [0.15, 0.2) is 128 Å². The van der Waals surface area contributed by atoms with Crippen molar-refractivity contribution in [3.8, 4) is 0 Å². The van der Waals surface area contributed by atoms with Gasteiger partial charge in [0.1, 0.15) is 65.1 Å². The van der Waals surface area contributed by atoms with Crippen LogP contribution in [0.2, 0.25) is 0 Å². The lowest BCUT2D eigenvalue weighted by Crippen LogP contribution is -2.55. The third kappa shape index (κ3) is 11.5. The molecule has 2 unspecified atom stereocenters. The van der Waals surface area contributed by atoms with Gasteiger partial charge in [-0.25, -0.2) is 19.0 Å². The van der Waals surface area contributed by atoms with Gasteiger partial charge in [0.05, 0.1) is 33.0 Å². The SMILES string of the molecule is BrB(Br)Br.C[C@@]1(O)[C@H](O)[C@@H](CO)OC1(O)c1ccc2c(N)ncnn12.C[C@@]1(OCc2ccccc2)[C@H](OCc2ccccc2)[C@@H](COCc2ccccc2)OC1(O)c1ccc2c(N)ncnn12.[2H]CC. The Labute approximate surface area is 425 Å². The minimum Gasteiger partial charge on any atom is -0.394 e. The van der Waals surface area contributed by atoms with Crippen LogP contribution < -0.4 is 11.5 Å². The number of hydrogen-bond acceptors (Lipinski definition) is 16. The number of anilines is 2. The maximum absolute atomic E-state index is 12.6. The molecule has 0 spiro atoms. The highest BCUT2D eigenvalue weighted by Gasteiger charge is 2.67. The molecular weight excluding hydrogens is 1090 g/mol. The number of nitrogen functional groups attached to an aromatic ring is 2. The molecule has 9 N–H and O–H groups in total. The average molecular weight is 1140 g/mol. The van der Waals surface area contributed by atoms with Crippen LogP contribution >= 0.6 is 47.3 Å². The predicted octanol–water partition coefficient (Wildman–Crippen LogP) is 5.77. The van der Waals surface area contributed by atoms with Crippen molar-refractivity contribution in [1.29, 1.82) is 0 Å². The van der Waals surface area contributed by atoms with Crippen LogP contribution in [-0.4, -0.2) is 107 Å². The van der Waals surface area contributed by atoms with E-state index in [2.05, 4.69) is 67.4 Å². The van der Waals surface area contributed by atoms with Gasteiger partial charge in [-0.15, -0.1) is 47.3 Å². The molecule has 0 saturated carbocycles. The van der Waals surface area contributed by atoms with E-state index in [1.54, 1.807) is 25.1 Å². The molecule has 18 nitrogen and oxygen atoms in total. The number of hydrogen-bond donors (Lipinski definition) is 7. The van der Waals surface area contributed by atoms with Crippen LogP contribution in [-0.2, 0) is 55.1 Å². The van der Waals surface area contributed by atoms with E-state index in [0.717, 1.165) is 16.7 Å². The van der Waals surface area contributed by atoms with Crippen LogP contribution in [0.1, 0.15) is 57.1 Å². The van der Waals surface area contributed by atoms with Crippen LogP contribution in [0.5, 0.6) is 0 Å². The molecule has 2 aliphatic heterocycles. The number of halogens is 3. The maximum atomic E-state index is 12.6. The van der Waals surface area contributed by atoms with E-state index in [9.17, 15) is 25.5 Å². The molecule has 8 atom stereocenters. The van der Waals surface area contributed by atoms with Gasteiger partial charge < -0.3 is 60.7 Å². The lowest BCUT2D eigenvalue weighted by Gasteiger charge is -2.40. The molecule has 7 aromatic rings. The highest BCUT2D eigenvalue weighted by molar-refractivity contribution is 9.69. The first kappa shape index (κ1) is 52.4. The second-order valence-electron chi connectivity index (χ2n) is 16.0. The summed E-state index contributed by atoms with van der Waals surface area (Å²) < 4.78 is 40.5. The maximum Gasteiger partial charge on any atom is 0.369 e. The molecular formula is C47H56BBr3N8O10. The lowest BCUT2D eigenvalue weighted by molar-refractivity contribution is -0.294. The van der Waals surface area contributed by atoms with Gasteiger partial charge in [0.2, 0.25) is 11.6 Å². The molecule has 22 heteroatoms. The smallest absolute Gasteiger partial charge is 0.369 e. The van der Waals surface area contributed by atoms with E-state index in [0.29, 0.717) is 30.2 Å². The first-order chi connectivity index (χ1) is 33.4. The zero-order chi connectivity index (χ0) is 50.7. The van der Waals surface area contributed by atoms with Crippen LogP contribution in [0.4, 0.5) is 11.6 Å². The highest BCUT2D eigenvalue weighted by atomic mass is 79.9. The van der Waals surface area contributed by atoms with Crippen molar-refractivity contribution in [1.82, 2.24) is 29.2 Å². The number of nitrogens with zero attached hydrogens (tertiary/aromatic N) is 6. The molecule has 0 radical (unpaired) electrons. The second kappa shape index (κ2) is 23.7. The summed E-state index contributed by atoms with van der Waals surface area (Å²) >= 11 is 9.31. The van der Waals surface area contributed by atoms with Gasteiger partial charge >= 0.3 is 3.18 Å². The number of fused-ring (bicyclic) bond motifs is 2. The van der Waals surface area contributed by atoms with E-state index < -0.39 is 53.8 Å². The summed E-state index contributed by atoms with van der Waals surface area (Å²) in [7, 11) is 0. The first-order valence-electron chi connectivity index (χ1n) is 22.3. The van der Waals surface area contributed by atoms with Crippen molar-refractivity contribution in [2.75, 3.05) is 24.7 Å². The van der Waals surface area contributed by atoms with Gasteiger partial charge in [0.25, 0.3) is 0 Å². The quantitative estimate of drug-likeness (QED) is 0.0676. The summed E-state index contributed by atoms with van der Waals surface area (Å²) in [5.41, 5.74) is 12.7. The van der Waals surface area contributed by atoms with Gasteiger partial charge in [-0.05, 0) is 54.8 Å². The summed E-state index contributed by atoms with van der Waals surface area (Å²) in [6, 6.07) is 36.0. The van der Waals surface area contributed by atoms with E-state index in [1.807, 2.05) is 97.9 Å². The molecule has 368 valence electrons. The van der Waals surface area contributed by atoms with E-state index in [4.69, 9.17) is 36.5 Å². The Balaban J connectivity index is 0.000000238. The van der Waals surface area contributed by atoms with E-state index >= 15 is 0 Å². The molecule has 69 heavy (non-hydrogen) atoms. The third-order valence-electron chi connectivity index (χ3n) is 11.7. The van der Waals surface area contributed by atoms with Crippen molar-refractivity contribution >= 4 is 73.1 Å². The Morgan fingerprint density at radius 2 is 1.13 bits per heavy atom. The van der Waals surface area contributed by atoms with E-state index in [1.165, 1.54) is 34.7 Å². The van der Waals surface area contributed by atoms with Gasteiger partial charge in [-0.3, -0.25) is 0 Å². The number of benzene rings is 3. The monoisotopic (exact) mass is 1140 g/mol. The zero-order valence-electron chi connectivity index (χ0n) is 39.0. The Kier molecular flexibility index (Phi) is 18.0. The third-order valence-corrected chi connectivity index (χ3v) is 11.7. The number of nitrogens with two attached hydrogens (primary N) is 2. The van der Waals surface area contributed by atoms with Crippen molar-refractivity contribution in [3.05, 3.63) is 156 Å². The zero-order valence-corrected chi connectivity index (χ0v) is 42.8. The summed E-state index contributed by atoms with van der Waals surface area (Å²) in [4.78, 5) is 7.92. The number of aliphatic hydroxyl groups excluding tert-OH is 2. The van der Waals surface area contributed by atoms with Gasteiger partial charge in [-0.1, -0.05) is 105 Å². The van der Waals surface area contributed by atoms with Crippen molar-refractivity contribution in [2.45, 2.75) is 94.7 Å². The summed E-state index contributed by atoms with van der Waals surface area (Å²) in [5, 5.41) is 61.4. The largest absolute Gasteiger partial charge is 0.394 e. The fraction of sp³-hybridized carbons (Fsp3) is 0.362. The molecule has 2 saturated heterocycles. The van der Waals surface area contributed by atoms with Crippen molar-refractivity contribution in [3.63, 3.8) is 0 Å². The van der Waals surface area contributed by atoms with Crippen molar-refractivity contribution < 1.29 is 50.6 Å². The average Bonchev–Trinajstić information content (AvgIpc) is 4.09. The minimum atomic E-state index is -2.26. The second-order valence-corrected chi connectivity index (χ2v) is 22.5. The number of aliphatic hydroxyl groups is 5. The molecule has 9 rings (SSSR count). The number of rotatable bonds is 13. The summed E-state index contributed by atoms with van der Waals surface area (Å²) in [6.07, 6.45) is -1.48. The van der Waals surface area contributed by atoms with Crippen LogP contribution in [0, 0.1) is 0 Å². The Morgan fingerprint density at radius 3 is 1.59 bits per heavy atom. The lowest BCUT2D eigenvalue weighted by atomic mass is 9.87. The molecule has 2 aliphatic rings. The Bertz CT molecular complexity index is 2720. The normalized spacial score (nSPS) is 26.3. The molecule has 0 aliphatic carbocycles. The van der Waals surface area contributed by atoms with Crippen molar-refractivity contribution in [2.24, 2.45) is 0 Å². The van der Waals surface area contributed by atoms with Gasteiger partial charge in [-0.2, -0.15) is 10.2 Å². The molecule has 0 bridgehead atoms. The summed E-state index contributed by atoms with van der Waals surface area (Å²) in [5.74, 6) is -3.77.